The van der Waals surface area contributed by atoms with E-state index in [0.717, 1.165) is 6.07 Å². The predicted octanol–water partition coefficient (Wildman–Crippen LogP) is 1.81. The first-order chi connectivity index (χ1) is 6.40. The molecule has 0 amide bonds. The summed E-state index contributed by atoms with van der Waals surface area (Å²) in [6.07, 6.45) is -0.373. The summed E-state index contributed by atoms with van der Waals surface area (Å²) in [7, 11) is -4.64. The fourth-order valence-electron chi connectivity index (χ4n) is 0.973. The van der Waals surface area contributed by atoms with Crippen LogP contribution in [-0.4, -0.2) is 14.2 Å². The molecule has 0 spiro atoms. The Hall–Kier alpha value is -1.04. The Bertz CT molecular complexity index is 428. The minimum atomic E-state index is -4.64. The molecule has 14 heavy (non-hydrogen) atoms. The molecule has 0 aliphatic rings. The van der Waals surface area contributed by atoms with Gasteiger partial charge in [-0.3, -0.25) is 0 Å². The van der Waals surface area contributed by atoms with Gasteiger partial charge in [0.15, 0.2) is 11.6 Å². The molecule has 0 fully saturated rings. The van der Waals surface area contributed by atoms with Crippen molar-refractivity contribution < 1.29 is 21.1 Å². The quantitative estimate of drug-likeness (QED) is 0.734. The Morgan fingerprint density at radius 2 is 1.86 bits per heavy atom. The smallest absolute Gasteiger partial charge is 0.204 e. The standard InChI is InChI=1S/C8H7F3O2S/c9-7-3-1-2-6(8(7)10)4-5-14(11,12)13/h1-3H,4-5H2. The van der Waals surface area contributed by atoms with Crippen molar-refractivity contribution in [2.24, 2.45) is 0 Å². The normalized spacial score (nSPS) is 11.6. The zero-order valence-electron chi connectivity index (χ0n) is 7.00. The molecular formula is C8H7F3O2S. The Morgan fingerprint density at radius 1 is 1.21 bits per heavy atom. The third-order valence-electron chi connectivity index (χ3n) is 1.65. The molecule has 1 aromatic rings. The SMILES string of the molecule is O=S(=O)(F)CCc1cccc(F)c1F. The molecule has 0 N–H and O–H groups in total. The van der Waals surface area contributed by atoms with Crippen molar-refractivity contribution in [3.8, 4) is 0 Å². The zero-order valence-corrected chi connectivity index (χ0v) is 7.82. The fraction of sp³-hybridized carbons (Fsp3) is 0.250. The molecule has 0 heterocycles. The Kier molecular flexibility index (Phi) is 3.15. The molecule has 1 aromatic carbocycles. The maximum atomic E-state index is 12.9. The molecule has 78 valence electrons. The number of hydrogen-bond acceptors (Lipinski definition) is 2. The van der Waals surface area contributed by atoms with Crippen LogP contribution in [0.1, 0.15) is 5.56 Å². The molecule has 0 aliphatic carbocycles. The summed E-state index contributed by atoms with van der Waals surface area (Å²) in [4.78, 5) is 0. The van der Waals surface area contributed by atoms with Crippen LogP contribution in [0.5, 0.6) is 0 Å². The summed E-state index contributed by atoms with van der Waals surface area (Å²) in [5.74, 6) is -3.04. The van der Waals surface area contributed by atoms with Crippen molar-refractivity contribution in [2.45, 2.75) is 6.42 Å². The summed E-state index contributed by atoms with van der Waals surface area (Å²) in [5, 5.41) is 0. The van der Waals surface area contributed by atoms with Gasteiger partial charge in [-0.05, 0) is 18.1 Å². The second-order valence-corrected chi connectivity index (χ2v) is 4.19. The Morgan fingerprint density at radius 3 is 2.43 bits per heavy atom. The van der Waals surface area contributed by atoms with Crippen molar-refractivity contribution in [3.63, 3.8) is 0 Å². The molecule has 2 nitrogen and oxygen atoms in total. The molecule has 0 bridgehead atoms. The van der Waals surface area contributed by atoms with Crippen LogP contribution < -0.4 is 0 Å². The van der Waals surface area contributed by atoms with Crippen molar-refractivity contribution in [1.82, 2.24) is 0 Å². The number of hydrogen-bond donors (Lipinski definition) is 0. The maximum absolute atomic E-state index is 12.9. The van der Waals surface area contributed by atoms with E-state index in [4.69, 9.17) is 0 Å². The fourth-order valence-corrected chi connectivity index (χ4v) is 1.44. The summed E-state index contributed by atoms with van der Waals surface area (Å²) >= 11 is 0. The van der Waals surface area contributed by atoms with E-state index in [1.165, 1.54) is 12.1 Å². The monoisotopic (exact) mass is 224 g/mol. The van der Waals surface area contributed by atoms with E-state index in [2.05, 4.69) is 0 Å². The number of aryl methyl sites for hydroxylation is 1. The van der Waals surface area contributed by atoms with Crippen molar-refractivity contribution >= 4 is 10.2 Å². The van der Waals surface area contributed by atoms with Crippen LogP contribution in [0.2, 0.25) is 0 Å². The molecule has 0 saturated heterocycles. The van der Waals surface area contributed by atoms with Gasteiger partial charge in [-0.25, -0.2) is 8.78 Å². The van der Waals surface area contributed by atoms with E-state index in [1.54, 1.807) is 0 Å². The number of halogens is 3. The van der Waals surface area contributed by atoms with E-state index >= 15 is 0 Å². The van der Waals surface area contributed by atoms with Gasteiger partial charge in [0.2, 0.25) is 0 Å². The third-order valence-corrected chi connectivity index (χ3v) is 2.34. The topological polar surface area (TPSA) is 34.1 Å². The highest BCUT2D eigenvalue weighted by molar-refractivity contribution is 7.86. The van der Waals surface area contributed by atoms with Gasteiger partial charge in [-0.15, -0.1) is 3.89 Å². The highest BCUT2D eigenvalue weighted by atomic mass is 32.3. The predicted molar refractivity (Wildman–Crippen MR) is 45.0 cm³/mol. The average molecular weight is 224 g/mol. The molecule has 6 heteroatoms. The van der Waals surface area contributed by atoms with E-state index in [9.17, 15) is 21.1 Å². The van der Waals surface area contributed by atoms with Crippen LogP contribution in [0.3, 0.4) is 0 Å². The molecule has 0 aliphatic heterocycles. The Balaban J connectivity index is 2.83. The summed E-state index contributed by atoms with van der Waals surface area (Å²) in [6.45, 7) is 0. The van der Waals surface area contributed by atoms with Gasteiger partial charge in [-0.1, -0.05) is 12.1 Å². The Labute approximate surface area is 79.6 Å². The molecule has 1 rings (SSSR count). The molecule has 0 aromatic heterocycles. The highest BCUT2D eigenvalue weighted by Crippen LogP contribution is 2.12. The van der Waals surface area contributed by atoms with Crippen LogP contribution >= 0.6 is 0 Å². The minimum absolute atomic E-state index is 0.147. The van der Waals surface area contributed by atoms with E-state index < -0.39 is 27.6 Å². The second-order valence-electron chi connectivity index (χ2n) is 2.71. The van der Waals surface area contributed by atoms with Crippen LogP contribution in [0.4, 0.5) is 12.7 Å². The van der Waals surface area contributed by atoms with Crippen molar-refractivity contribution in [1.29, 1.82) is 0 Å². The van der Waals surface area contributed by atoms with Gasteiger partial charge in [0.25, 0.3) is 0 Å². The van der Waals surface area contributed by atoms with Crippen LogP contribution in [0, 0.1) is 11.6 Å². The lowest BCUT2D eigenvalue weighted by molar-refractivity contribution is 0.499. The van der Waals surface area contributed by atoms with Gasteiger partial charge in [-0.2, -0.15) is 8.42 Å². The van der Waals surface area contributed by atoms with Gasteiger partial charge < -0.3 is 0 Å². The van der Waals surface area contributed by atoms with E-state index in [0.29, 0.717) is 0 Å². The highest BCUT2D eigenvalue weighted by Gasteiger charge is 2.12. The largest absolute Gasteiger partial charge is 0.302 e. The van der Waals surface area contributed by atoms with Crippen molar-refractivity contribution in [2.75, 3.05) is 5.75 Å². The van der Waals surface area contributed by atoms with Crippen molar-refractivity contribution in [3.05, 3.63) is 35.4 Å². The second kappa shape index (κ2) is 4.00. The maximum Gasteiger partial charge on any atom is 0.302 e. The van der Waals surface area contributed by atoms with Gasteiger partial charge in [0.1, 0.15) is 0 Å². The van der Waals surface area contributed by atoms with Crippen LogP contribution in [0.15, 0.2) is 18.2 Å². The van der Waals surface area contributed by atoms with Crippen LogP contribution in [0.25, 0.3) is 0 Å². The number of benzene rings is 1. The lowest BCUT2D eigenvalue weighted by Gasteiger charge is -2.01. The minimum Gasteiger partial charge on any atom is -0.204 e. The molecule has 0 radical (unpaired) electrons. The van der Waals surface area contributed by atoms with Gasteiger partial charge >= 0.3 is 10.2 Å². The average Bonchev–Trinajstić information content (AvgIpc) is 2.06. The lowest BCUT2D eigenvalue weighted by atomic mass is 10.1. The van der Waals surface area contributed by atoms with E-state index in [1.807, 2.05) is 0 Å². The third kappa shape index (κ3) is 3.02. The van der Waals surface area contributed by atoms with Gasteiger partial charge in [0, 0.05) is 0 Å². The molecule has 0 atom stereocenters. The molecular weight excluding hydrogens is 217 g/mol. The first-order valence-electron chi connectivity index (χ1n) is 3.75. The lowest BCUT2D eigenvalue weighted by Crippen LogP contribution is -2.04. The summed E-state index contributed by atoms with van der Waals surface area (Å²) in [5.41, 5.74) is -0.147. The summed E-state index contributed by atoms with van der Waals surface area (Å²) < 4.78 is 57.8. The molecule has 0 saturated carbocycles. The van der Waals surface area contributed by atoms with Gasteiger partial charge in [0.05, 0.1) is 5.75 Å². The first kappa shape index (κ1) is 11.0. The molecule has 0 unspecified atom stereocenters. The summed E-state index contributed by atoms with van der Waals surface area (Å²) in [6, 6.07) is 3.35. The van der Waals surface area contributed by atoms with E-state index in [-0.39, 0.29) is 12.0 Å². The van der Waals surface area contributed by atoms with Crippen LogP contribution in [-0.2, 0) is 16.6 Å². The number of rotatable bonds is 3. The first-order valence-corrected chi connectivity index (χ1v) is 5.30. The zero-order chi connectivity index (χ0) is 10.8.